The Bertz CT molecular complexity index is 1440. The maximum absolute atomic E-state index is 13.2. The average Bonchev–Trinajstić information content (AvgIpc) is 2.85. The SMILES string of the molecule is COc1cc(C(=O)Nc2ccccc2Cl)c(OC(=O)Nc2ccc([N+](=O)[O-])cc2)c2ccccc12. The lowest BCUT2D eigenvalue weighted by atomic mass is 10.0. The summed E-state index contributed by atoms with van der Waals surface area (Å²) >= 11 is 6.18. The van der Waals surface area contributed by atoms with E-state index in [1.807, 2.05) is 0 Å². The first-order valence-corrected chi connectivity index (χ1v) is 10.6. The van der Waals surface area contributed by atoms with E-state index >= 15 is 0 Å². The van der Waals surface area contributed by atoms with Crippen LogP contribution in [-0.2, 0) is 0 Å². The third-order valence-electron chi connectivity index (χ3n) is 5.06. The highest BCUT2D eigenvalue weighted by Crippen LogP contribution is 2.37. The number of nitrogens with zero attached hydrogens (tertiary/aromatic N) is 1. The average molecular weight is 492 g/mol. The second kappa shape index (κ2) is 10.1. The molecule has 176 valence electrons. The van der Waals surface area contributed by atoms with Crippen molar-refractivity contribution in [1.29, 1.82) is 0 Å². The molecule has 0 radical (unpaired) electrons. The predicted molar refractivity (Wildman–Crippen MR) is 133 cm³/mol. The van der Waals surface area contributed by atoms with Gasteiger partial charge in [-0.2, -0.15) is 0 Å². The van der Waals surface area contributed by atoms with Crippen LogP contribution in [0.2, 0.25) is 5.02 Å². The Labute approximate surface area is 204 Å². The van der Waals surface area contributed by atoms with Gasteiger partial charge in [-0.3, -0.25) is 20.2 Å². The van der Waals surface area contributed by atoms with Crippen molar-refractivity contribution in [2.75, 3.05) is 17.7 Å². The summed E-state index contributed by atoms with van der Waals surface area (Å²) in [5, 5.41) is 17.5. The van der Waals surface area contributed by atoms with Crippen LogP contribution in [0, 0.1) is 10.1 Å². The van der Waals surface area contributed by atoms with Crippen molar-refractivity contribution in [1.82, 2.24) is 0 Å². The molecule has 0 fully saturated rings. The van der Waals surface area contributed by atoms with Crippen LogP contribution in [0.5, 0.6) is 11.5 Å². The van der Waals surface area contributed by atoms with E-state index in [1.165, 1.54) is 37.4 Å². The predicted octanol–water partition coefficient (Wildman–Crippen LogP) is 6.27. The first kappa shape index (κ1) is 23.5. The van der Waals surface area contributed by atoms with Crippen LogP contribution in [0.15, 0.2) is 78.9 Å². The molecule has 4 aromatic rings. The smallest absolute Gasteiger partial charge is 0.417 e. The monoisotopic (exact) mass is 491 g/mol. The molecule has 0 unspecified atom stereocenters. The van der Waals surface area contributed by atoms with Crippen molar-refractivity contribution in [3.63, 3.8) is 0 Å². The van der Waals surface area contributed by atoms with E-state index in [4.69, 9.17) is 21.1 Å². The van der Waals surface area contributed by atoms with Crippen LogP contribution in [0.3, 0.4) is 0 Å². The highest BCUT2D eigenvalue weighted by atomic mass is 35.5. The van der Waals surface area contributed by atoms with Gasteiger partial charge >= 0.3 is 6.09 Å². The summed E-state index contributed by atoms with van der Waals surface area (Å²) in [6.07, 6.45) is -0.888. The maximum atomic E-state index is 13.2. The lowest BCUT2D eigenvalue weighted by Crippen LogP contribution is -2.20. The number of para-hydroxylation sites is 1. The van der Waals surface area contributed by atoms with Crippen LogP contribution in [-0.4, -0.2) is 24.0 Å². The summed E-state index contributed by atoms with van der Waals surface area (Å²) in [6.45, 7) is 0. The van der Waals surface area contributed by atoms with E-state index in [-0.39, 0.29) is 22.7 Å². The molecule has 0 aromatic heterocycles. The van der Waals surface area contributed by atoms with Gasteiger partial charge in [0.15, 0.2) is 5.75 Å². The minimum absolute atomic E-state index is 0.00497. The van der Waals surface area contributed by atoms with E-state index in [0.29, 0.717) is 27.2 Å². The topological polar surface area (TPSA) is 120 Å². The van der Waals surface area contributed by atoms with Gasteiger partial charge in [0.05, 0.1) is 28.3 Å². The van der Waals surface area contributed by atoms with Gasteiger partial charge in [-0.1, -0.05) is 48.0 Å². The van der Waals surface area contributed by atoms with Crippen molar-refractivity contribution in [2.45, 2.75) is 0 Å². The quantitative estimate of drug-likeness (QED) is 0.242. The molecular formula is C25H18ClN3O6. The zero-order valence-corrected chi connectivity index (χ0v) is 19.0. The fraction of sp³-hybridized carbons (Fsp3) is 0.0400. The molecule has 0 bridgehead atoms. The Morgan fingerprint density at radius 3 is 2.23 bits per heavy atom. The molecule has 2 N–H and O–H groups in total. The number of anilines is 2. The Morgan fingerprint density at radius 1 is 0.914 bits per heavy atom. The molecule has 0 saturated heterocycles. The van der Waals surface area contributed by atoms with Crippen molar-refractivity contribution >= 4 is 51.4 Å². The Kier molecular flexibility index (Phi) is 6.79. The zero-order chi connectivity index (χ0) is 24.9. The standard InChI is InChI=1S/C25H18ClN3O6/c1-34-22-14-19(24(30)28-21-9-5-4-8-20(21)26)23(18-7-3-2-6-17(18)22)35-25(31)27-15-10-12-16(13-11-15)29(32)33/h2-14H,1H3,(H,27,31)(H,28,30). The molecule has 0 atom stereocenters. The van der Waals surface area contributed by atoms with Gasteiger partial charge < -0.3 is 14.8 Å². The van der Waals surface area contributed by atoms with Crippen LogP contribution < -0.4 is 20.1 Å². The van der Waals surface area contributed by atoms with Crippen LogP contribution in [0.25, 0.3) is 10.8 Å². The molecule has 2 amide bonds. The summed E-state index contributed by atoms with van der Waals surface area (Å²) < 4.78 is 11.1. The van der Waals surface area contributed by atoms with Crippen molar-refractivity contribution in [2.24, 2.45) is 0 Å². The number of hydrogen-bond donors (Lipinski definition) is 2. The number of carbonyl (C=O) groups is 2. The van der Waals surface area contributed by atoms with Crippen LogP contribution in [0.1, 0.15) is 10.4 Å². The van der Waals surface area contributed by atoms with Gasteiger partial charge in [-0.15, -0.1) is 0 Å². The van der Waals surface area contributed by atoms with Gasteiger partial charge in [-0.25, -0.2) is 4.79 Å². The van der Waals surface area contributed by atoms with E-state index in [2.05, 4.69) is 10.6 Å². The van der Waals surface area contributed by atoms with Gasteiger partial charge in [0.25, 0.3) is 11.6 Å². The molecule has 10 heteroatoms. The van der Waals surface area contributed by atoms with Crippen LogP contribution >= 0.6 is 11.6 Å². The Morgan fingerprint density at radius 2 is 1.57 bits per heavy atom. The number of nitro groups is 1. The van der Waals surface area contributed by atoms with Gasteiger partial charge in [0.1, 0.15) is 5.75 Å². The number of rotatable bonds is 6. The number of nitrogens with one attached hydrogen (secondary N) is 2. The highest BCUT2D eigenvalue weighted by Gasteiger charge is 2.22. The number of halogens is 1. The number of hydrogen-bond acceptors (Lipinski definition) is 6. The number of carbonyl (C=O) groups excluding carboxylic acids is 2. The van der Waals surface area contributed by atoms with E-state index in [0.717, 1.165) is 0 Å². The molecule has 4 rings (SSSR count). The zero-order valence-electron chi connectivity index (χ0n) is 18.3. The number of methoxy groups -OCH3 is 1. The minimum atomic E-state index is -0.888. The fourth-order valence-corrected chi connectivity index (χ4v) is 3.60. The highest BCUT2D eigenvalue weighted by molar-refractivity contribution is 6.34. The summed E-state index contributed by atoms with van der Waals surface area (Å²) in [4.78, 5) is 36.3. The molecule has 0 aliphatic heterocycles. The summed E-state index contributed by atoms with van der Waals surface area (Å²) in [7, 11) is 1.47. The number of benzene rings is 4. The van der Waals surface area contributed by atoms with E-state index < -0.39 is 16.9 Å². The minimum Gasteiger partial charge on any atom is -0.496 e. The fourth-order valence-electron chi connectivity index (χ4n) is 3.42. The lowest BCUT2D eigenvalue weighted by Gasteiger charge is -2.16. The number of nitro benzene ring substituents is 1. The van der Waals surface area contributed by atoms with Crippen molar-refractivity contribution in [3.05, 3.63) is 99.6 Å². The molecule has 9 nitrogen and oxygen atoms in total. The lowest BCUT2D eigenvalue weighted by molar-refractivity contribution is -0.384. The maximum Gasteiger partial charge on any atom is 0.417 e. The summed E-state index contributed by atoms with van der Waals surface area (Å²) in [6, 6.07) is 20.4. The van der Waals surface area contributed by atoms with Gasteiger partial charge in [-0.05, 0) is 30.3 Å². The third-order valence-corrected chi connectivity index (χ3v) is 5.39. The first-order valence-electron chi connectivity index (χ1n) is 10.3. The summed E-state index contributed by atoms with van der Waals surface area (Å²) in [5.74, 6) is -0.154. The van der Waals surface area contributed by atoms with Gasteiger partial charge in [0.2, 0.25) is 0 Å². The third kappa shape index (κ3) is 5.15. The second-order valence-electron chi connectivity index (χ2n) is 7.25. The van der Waals surface area contributed by atoms with E-state index in [1.54, 1.807) is 48.5 Å². The number of ether oxygens (including phenoxy) is 2. The molecule has 4 aromatic carbocycles. The normalized spacial score (nSPS) is 10.5. The van der Waals surface area contributed by atoms with Gasteiger partial charge in [0, 0.05) is 28.6 Å². The van der Waals surface area contributed by atoms with Crippen molar-refractivity contribution < 1.29 is 24.0 Å². The molecule has 0 saturated carbocycles. The molecule has 35 heavy (non-hydrogen) atoms. The molecule has 0 heterocycles. The second-order valence-corrected chi connectivity index (χ2v) is 7.66. The Balaban J connectivity index is 1.70. The number of amides is 2. The van der Waals surface area contributed by atoms with Crippen LogP contribution in [0.4, 0.5) is 21.9 Å². The number of fused-ring (bicyclic) bond motifs is 1. The molecular weight excluding hydrogens is 474 g/mol. The first-order chi connectivity index (χ1) is 16.9. The largest absolute Gasteiger partial charge is 0.496 e. The van der Waals surface area contributed by atoms with Crippen molar-refractivity contribution in [3.8, 4) is 11.5 Å². The summed E-state index contributed by atoms with van der Waals surface area (Å²) in [5.41, 5.74) is 0.580. The number of non-ortho nitro benzene ring substituents is 1. The Hall–Kier alpha value is -4.63. The molecule has 0 aliphatic carbocycles. The van der Waals surface area contributed by atoms with E-state index in [9.17, 15) is 19.7 Å². The molecule has 0 spiro atoms. The molecule has 0 aliphatic rings.